The summed E-state index contributed by atoms with van der Waals surface area (Å²) >= 11 is 0. The van der Waals surface area contributed by atoms with Crippen LogP contribution in [0.4, 0.5) is 0 Å². The third kappa shape index (κ3) is 3.76. The Labute approximate surface area is 175 Å². The molecule has 4 aromatic rings. The van der Waals surface area contributed by atoms with Crippen molar-refractivity contribution in [3.05, 3.63) is 96.0 Å². The van der Waals surface area contributed by atoms with Crippen LogP contribution >= 0.6 is 0 Å². The van der Waals surface area contributed by atoms with Crippen LogP contribution in [-0.4, -0.2) is 25.2 Å². The maximum Gasteiger partial charge on any atom is 0.161 e. The molecular weight excluding hydrogens is 376 g/mol. The lowest BCUT2D eigenvalue weighted by Gasteiger charge is -2.36. The number of tetrazole rings is 1. The number of benzene rings is 1. The van der Waals surface area contributed by atoms with Gasteiger partial charge in [0.25, 0.3) is 0 Å². The van der Waals surface area contributed by atoms with Crippen molar-refractivity contribution in [3.8, 4) is 0 Å². The minimum atomic E-state index is -0.939. The molecule has 0 aliphatic heterocycles. The number of hydrogen-bond acceptors (Lipinski definition) is 6. The molecule has 154 valence electrons. The van der Waals surface area contributed by atoms with Gasteiger partial charge in [-0.05, 0) is 66.9 Å². The van der Waals surface area contributed by atoms with Gasteiger partial charge in [0.1, 0.15) is 5.76 Å². The largest absolute Gasteiger partial charge is 0.467 e. The number of nitrogens with zero attached hydrogens (tertiary/aromatic N) is 5. The summed E-state index contributed by atoms with van der Waals surface area (Å²) in [4.78, 5) is 4.35. The zero-order chi connectivity index (χ0) is 21.2. The quantitative estimate of drug-likeness (QED) is 0.529. The zero-order valence-electron chi connectivity index (χ0n) is 17.4. The number of aromatic nitrogens is 5. The lowest BCUT2D eigenvalue weighted by molar-refractivity contribution is 0.270. The van der Waals surface area contributed by atoms with E-state index in [9.17, 15) is 0 Å². The number of pyridine rings is 1. The average Bonchev–Trinajstić information content (AvgIpc) is 3.42. The van der Waals surface area contributed by atoms with Gasteiger partial charge in [0.05, 0.1) is 23.3 Å². The highest BCUT2D eigenvalue weighted by Gasteiger charge is 2.45. The van der Waals surface area contributed by atoms with Crippen molar-refractivity contribution in [1.29, 1.82) is 0 Å². The van der Waals surface area contributed by atoms with Crippen LogP contribution in [0.25, 0.3) is 0 Å². The molecule has 0 fully saturated rings. The van der Waals surface area contributed by atoms with Crippen molar-refractivity contribution in [3.63, 3.8) is 0 Å². The molecule has 3 heterocycles. The van der Waals surface area contributed by atoms with Crippen molar-refractivity contribution in [2.75, 3.05) is 0 Å². The molecule has 30 heavy (non-hydrogen) atoms. The molecule has 7 nitrogen and oxygen atoms in total. The number of nitrogens with two attached hydrogens (primary N) is 1. The highest BCUT2D eigenvalue weighted by atomic mass is 16.3. The second kappa shape index (κ2) is 7.84. The predicted molar refractivity (Wildman–Crippen MR) is 114 cm³/mol. The van der Waals surface area contributed by atoms with E-state index in [1.165, 1.54) is 0 Å². The molecule has 0 amide bonds. The third-order valence-corrected chi connectivity index (χ3v) is 5.24. The van der Waals surface area contributed by atoms with Crippen LogP contribution < -0.4 is 5.73 Å². The minimum absolute atomic E-state index is 0.323. The molecule has 2 atom stereocenters. The first-order valence-electron chi connectivity index (χ1n) is 9.95. The van der Waals surface area contributed by atoms with Gasteiger partial charge in [-0.1, -0.05) is 36.4 Å². The van der Waals surface area contributed by atoms with Crippen LogP contribution in [0.5, 0.6) is 0 Å². The summed E-state index contributed by atoms with van der Waals surface area (Å²) in [5.74, 6) is 0.959. The van der Waals surface area contributed by atoms with E-state index >= 15 is 0 Å². The maximum atomic E-state index is 7.25. The van der Waals surface area contributed by atoms with E-state index in [2.05, 4.69) is 53.4 Å². The van der Waals surface area contributed by atoms with Gasteiger partial charge in [0.2, 0.25) is 0 Å². The molecule has 0 aliphatic rings. The first-order chi connectivity index (χ1) is 14.4. The fourth-order valence-electron chi connectivity index (χ4n) is 3.88. The van der Waals surface area contributed by atoms with Gasteiger partial charge in [-0.3, -0.25) is 4.98 Å². The minimum Gasteiger partial charge on any atom is -0.467 e. The Balaban J connectivity index is 1.94. The molecule has 1 aromatic carbocycles. The summed E-state index contributed by atoms with van der Waals surface area (Å²) < 4.78 is 7.71. The van der Waals surface area contributed by atoms with Gasteiger partial charge >= 0.3 is 0 Å². The summed E-state index contributed by atoms with van der Waals surface area (Å²) in [6.07, 6.45) is 5.75. The Morgan fingerprint density at radius 1 is 1.03 bits per heavy atom. The second-order valence-corrected chi connectivity index (χ2v) is 8.52. The van der Waals surface area contributed by atoms with E-state index in [0.717, 1.165) is 11.1 Å². The van der Waals surface area contributed by atoms with Crippen LogP contribution in [0.2, 0.25) is 0 Å². The second-order valence-electron chi connectivity index (χ2n) is 8.52. The molecule has 0 aliphatic carbocycles. The smallest absolute Gasteiger partial charge is 0.161 e. The first kappa shape index (κ1) is 20.0. The Kier molecular flexibility index (Phi) is 5.22. The highest BCUT2D eigenvalue weighted by Crippen LogP contribution is 2.42. The molecule has 3 aromatic heterocycles. The lowest BCUT2D eigenvalue weighted by atomic mass is 9.74. The molecule has 0 spiro atoms. The van der Waals surface area contributed by atoms with Gasteiger partial charge in [-0.25, -0.2) is 4.68 Å². The molecule has 0 bridgehead atoms. The number of rotatable bonds is 6. The van der Waals surface area contributed by atoms with Gasteiger partial charge in [0, 0.05) is 12.4 Å². The molecule has 2 unspecified atom stereocenters. The summed E-state index contributed by atoms with van der Waals surface area (Å²) in [6, 6.07) is 17.8. The summed E-state index contributed by atoms with van der Waals surface area (Å²) in [7, 11) is 0. The molecule has 0 saturated heterocycles. The first-order valence-corrected chi connectivity index (χ1v) is 9.95. The molecule has 2 N–H and O–H groups in total. The molecule has 7 heteroatoms. The molecule has 0 saturated carbocycles. The van der Waals surface area contributed by atoms with E-state index in [1.54, 1.807) is 12.5 Å². The molecule has 4 rings (SSSR count). The number of furan rings is 1. The van der Waals surface area contributed by atoms with E-state index in [1.807, 2.05) is 53.3 Å². The van der Waals surface area contributed by atoms with Crippen molar-refractivity contribution in [2.24, 2.45) is 5.73 Å². The number of hydrogen-bond donors (Lipinski definition) is 1. The maximum absolute atomic E-state index is 7.25. The van der Waals surface area contributed by atoms with Crippen molar-refractivity contribution < 1.29 is 4.42 Å². The fourth-order valence-corrected chi connectivity index (χ4v) is 3.88. The Morgan fingerprint density at radius 2 is 1.83 bits per heavy atom. The van der Waals surface area contributed by atoms with E-state index in [0.29, 0.717) is 18.0 Å². The van der Waals surface area contributed by atoms with Crippen LogP contribution in [-0.2, 0) is 17.5 Å². The van der Waals surface area contributed by atoms with Crippen LogP contribution in [0, 0.1) is 0 Å². The normalized spacial score (nSPS) is 14.9. The average molecular weight is 403 g/mol. The monoisotopic (exact) mass is 402 g/mol. The fraction of sp³-hybridized carbons (Fsp3) is 0.304. The van der Waals surface area contributed by atoms with Crippen molar-refractivity contribution in [2.45, 2.75) is 44.2 Å². The van der Waals surface area contributed by atoms with E-state index < -0.39 is 5.54 Å². The van der Waals surface area contributed by atoms with Gasteiger partial charge in [-0.2, -0.15) is 0 Å². The van der Waals surface area contributed by atoms with Crippen LogP contribution in [0.1, 0.15) is 49.4 Å². The summed E-state index contributed by atoms with van der Waals surface area (Å²) in [5.41, 5.74) is 8.00. The standard InChI is InChI=1S/C23H26N6O/c1-22(2,3)29-21(26-27-28-29)20(18-11-7-13-25-16-18)23(24,19-12-8-14-30-19)15-17-9-5-4-6-10-17/h4-14,16,20H,15,24H2,1-3H3. The van der Waals surface area contributed by atoms with Crippen LogP contribution in [0.15, 0.2) is 77.7 Å². The van der Waals surface area contributed by atoms with Gasteiger partial charge in [0.15, 0.2) is 5.82 Å². The van der Waals surface area contributed by atoms with Crippen molar-refractivity contribution >= 4 is 0 Å². The Hall–Kier alpha value is -3.32. The SMILES string of the molecule is CC(C)(C)n1nnnc1C(c1cccnc1)C(N)(Cc1ccccc1)c1ccco1. The Morgan fingerprint density at radius 3 is 2.47 bits per heavy atom. The van der Waals surface area contributed by atoms with Crippen molar-refractivity contribution in [1.82, 2.24) is 25.2 Å². The Bertz CT molecular complexity index is 1070. The van der Waals surface area contributed by atoms with E-state index in [-0.39, 0.29) is 11.5 Å². The third-order valence-electron chi connectivity index (χ3n) is 5.24. The summed E-state index contributed by atoms with van der Waals surface area (Å²) in [5, 5.41) is 12.7. The van der Waals surface area contributed by atoms with Crippen LogP contribution in [0.3, 0.4) is 0 Å². The lowest BCUT2D eigenvalue weighted by Crippen LogP contribution is -2.47. The highest BCUT2D eigenvalue weighted by molar-refractivity contribution is 5.35. The zero-order valence-corrected chi connectivity index (χ0v) is 17.4. The van der Waals surface area contributed by atoms with Gasteiger partial charge < -0.3 is 10.2 Å². The topological polar surface area (TPSA) is 95.7 Å². The molecule has 0 radical (unpaired) electrons. The van der Waals surface area contributed by atoms with E-state index in [4.69, 9.17) is 10.2 Å². The summed E-state index contributed by atoms with van der Waals surface area (Å²) in [6.45, 7) is 6.19. The molecular formula is C23H26N6O. The predicted octanol–water partition coefficient (Wildman–Crippen LogP) is 3.64. The van der Waals surface area contributed by atoms with Gasteiger partial charge in [-0.15, -0.1) is 5.10 Å².